The molecule has 2 aliphatic carbocycles. The smallest absolute Gasteiger partial charge is 0.0146 e. The van der Waals surface area contributed by atoms with Crippen LogP contribution in [0.2, 0.25) is 0 Å². The van der Waals surface area contributed by atoms with Crippen molar-refractivity contribution >= 4 is 12.4 Å². The molecule has 1 aromatic rings. The average Bonchev–Trinajstić information content (AvgIpc) is 2.78. The van der Waals surface area contributed by atoms with Crippen molar-refractivity contribution in [2.45, 2.75) is 24.8 Å². The third kappa shape index (κ3) is 1.18. The van der Waals surface area contributed by atoms with Gasteiger partial charge in [0.1, 0.15) is 0 Å². The fraction of sp³-hybridized carbons (Fsp3) is 0.455. The maximum atomic E-state index is 5.99. The van der Waals surface area contributed by atoms with Gasteiger partial charge in [0.2, 0.25) is 0 Å². The van der Waals surface area contributed by atoms with E-state index in [1.54, 1.807) is 0 Å². The molecule has 3 atom stereocenters. The number of fused-ring (bicyclic) bond motifs is 3. The fourth-order valence-corrected chi connectivity index (χ4v) is 2.62. The number of hydrogen-bond donors (Lipinski definition) is 1. The highest BCUT2D eigenvalue weighted by Gasteiger charge is 2.50. The minimum atomic E-state index is 0. The SMILES string of the molecule is Cl.NC1C2CCc3ccccc3C12. The Bertz CT molecular complexity index is 324. The minimum Gasteiger partial charge on any atom is -0.327 e. The lowest BCUT2D eigenvalue weighted by molar-refractivity contribution is 0.658. The van der Waals surface area contributed by atoms with Crippen molar-refractivity contribution in [2.24, 2.45) is 11.7 Å². The van der Waals surface area contributed by atoms with Crippen molar-refractivity contribution < 1.29 is 0 Å². The molecule has 2 N–H and O–H groups in total. The van der Waals surface area contributed by atoms with Crippen molar-refractivity contribution in [2.75, 3.05) is 0 Å². The third-order valence-corrected chi connectivity index (χ3v) is 3.39. The Hall–Kier alpha value is -0.530. The Morgan fingerprint density at radius 3 is 2.85 bits per heavy atom. The summed E-state index contributed by atoms with van der Waals surface area (Å²) in [5, 5.41) is 0. The van der Waals surface area contributed by atoms with Crippen LogP contribution in [0.1, 0.15) is 23.5 Å². The number of benzene rings is 1. The summed E-state index contributed by atoms with van der Waals surface area (Å²) in [4.78, 5) is 0. The first-order valence-corrected chi connectivity index (χ1v) is 4.71. The normalized spacial score (nSPS) is 34.1. The Morgan fingerprint density at radius 2 is 2.00 bits per heavy atom. The molecule has 3 unspecified atom stereocenters. The van der Waals surface area contributed by atoms with E-state index < -0.39 is 0 Å². The molecular formula is C11H14ClN. The second kappa shape index (κ2) is 3.00. The quantitative estimate of drug-likeness (QED) is 0.674. The number of aryl methyl sites for hydroxylation is 1. The molecule has 2 heteroatoms. The van der Waals surface area contributed by atoms with Crippen LogP contribution in [-0.4, -0.2) is 6.04 Å². The van der Waals surface area contributed by atoms with Crippen LogP contribution in [-0.2, 0) is 6.42 Å². The maximum Gasteiger partial charge on any atom is 0.0146 e. The van der Waals surface area contributed by atoms with Crippen molar-refractivity contribution in [1.82, 2.24) is 0 Å². The lowest BCUT2D eigenvalue weighted by Gasteiger charge is -2.13. The molecule has 1 fully saturated rings. The van der Waals surface area contributed by atoms with Gasteiger partial charge in [-0.15, -0.1) is 12.4 Å². The van der Waals surface area contributed by atoms with Crippen LogP contribution in [0.5, 0.6) is 0 Å². The lowest BCUT2D eigenvalue weighted by atomic mass is 9.92. The molecule has 0 amide bonds. The summed E-state index contributed by atoms with van der Waals surface area (Å²) in [5.41, 5.74) is 9.05. The molecule has 0 spiro atoms. The number of nitrogens with two attached hydrogens (primary N) is 1. The molecule has 70 valence electrons. The summed E-state index contributed by atoms with van der Waals surface area (Å²) in [6.45, 7) is 0. The van der Waals surface area contributed by atoms with Crippen LogP contribution in [0.25, 0.3) is 0 Å². The zero-order chi connectivity index (χ0) is 8.13. The lowest BCUT2D eigenvalue weighted by Crippen LogP contribution is -2.02. The van der Waals surface area contributed by atoms with Crippen molar-refractivity contribution in [1.29, 1.82) is 0 Å². The van der Waals surface area contributed by atoms with E-state index >= 15 is 0 Å². The van der Waals surface area contributed by atoms with Crippen LogP contribution in [0.4, 0.5) is 0 Å². The first-order valence-electron chi connectivity index (χ1n) is 4.71. The second-order valence-electron chi connectivity index (χ2n) is 4.00. The molecule has 1 saturated carbocycles. The van der Waals surface area contributed by atoms with Crippen LogP contribution < -0.4 is 5.73 Å². The van der Waals surface area contributed by atoms with Gasteiger partial charge in [0.05, 0.1) is 0 Å². The van der Waals surface area contributed by atoms with E-state index in [9.17, 15) is 0 Å². The Kier molecular flexibility index (Phi) is 2.09. The van der Waals surface area contributed by atoms with E-state index in [-0.39, 0.29) is 12.4 Å². The fourth-order valence-electron chi connectivity index (χ4n) is 2.62. The summed E-state index contributed by atoms with van der Waals surface area (Å²) in [6.07, 6.45) is 2.55. The predicted octanol–water partition coefficient (Wildman–Crippen LogP) is 2.10. The molecule has 1 aromatic carbocycles. The van der Waals surface area contributed by atoms with Gasteiger partial charge in [0.25, 0.3) is 0 Å². The summed E-state index contributed by atoms with van der Waals surface area (Å²) >= 11 is 0. The molecular weight excluding hydrogens is 182 g/mol. The topological polar surface area (TPSA) is 26.0 Å². The molecule has 2 aliphatic rings. The van der Waals surface area contributed by atoms with E-state index in [2.05, 4.69) is 24.3 Å². The van der Waals surface area contributed by atoms with Gasteiger partial charge >= 0.3 is 0 Å². The van der Waals surface area contributed by atoms with E-state index in [0.717, 1.165) is 5.92 Å². The largest absolute Gasteiger partial charge is 0.327 e. The number of hydrogen-bond acceptors (Lipinski definition) is 1. The highest BCUT2D eigenvalue weighted by atomic mass is 35.5. The molecule has 0 aliphatic heterocycles. The summed E-state index contributed by atoms with van der Waals surface area (Å²) in [7, 11) is 0. The van der Waals surface area contributed by atoms with Gasteiger partial charge in [-0.2, -0.15) is 0 Å². The third-order valence-electron chi connectivity index (χ3n) is 3.39. The second-order valence-corrected chi connectivity index (χ2v) is 4.00. The monoisotopic (exact) mass is 195 g/mol. The standard InChI is InChI=1S/C11H13N.ClH/c12-11-9-6-5-7-3-1-2-4-8(7)10(9)11;/h1-4,9-11H,5-6,12H2;1H. The van der Waals surface area contributed by atoms with Crippen LogP contribution in [0.3, 0.4) is 0 Å². The number of halogens is 1. The Labute approximate surface area is 84.7 Å². The van der Waals surface area contributed by atoms with E-state index in [0.29, 0.717) is 12.0 Å². The highest BCUT2D eigenvalue weighted by Crippen LogP contribution is 2.53. The van der Waals surface area contributed by atoms with Crippen molar-refractivity contribution in [3.05, 3.63) is 35.4 Å². The Morgan fingerprint density at radius 1 is 1.23 bits per heavy atom. The molecule has 0 bridgehead atoms. The van der Waals surface area contributed by atoms with Gasteiger partial charge in [0.15, 0.2) is 0 Å². The van der Waals surface area contributed by atoms with Gasteiger partial charge in [-0.05, 0) is 29.9 Å². The summed E-state index contributed by atoms with van der Waals surface area (Å²) in [6, 6.07) is 9.23. The van der Waals surface area contributed by atoms with Crippen LogP contribution in [0, 0.1) is 5.92 Å². The average molecular weight is 196 g/mol. The van der Waals surface area contributed by atoms with Crippen LogP contribution >= 0.6 is 12.4 Å². The van der Waals surface area contributed by atoms with Gasteiger partial charge in [-0.3, -0.25) is 0 Å². The van der Waals surface area contributed by atoms with E-state index in [1.165, 1.54) is 24.0 Å². The van der Waals surface area contributed by atoms with Gasteiger partial charge in [0, 0.05) is 12.0 Å². The highest BCUT2D eigenvalue weighted by molar-refractivity contribution is 5.85. The van der Waals surface area contributed by atoms with Gasteiger partial charge < -0.3 is 5.73 Å². The van der Waals surface area contributed by atoms with Crippen molar-refractivity contribution in [3.8, 4) is 0 Å². The minimum absolute atomic E-state index is 0. The molecule has 0 saturated heterocycles. The molecule has 13 heavy (non-hydrogen) atoms. The Balaban J connectivity index is 0.000000653. The van der Waals surface area contributed by atoms with Gasteiger partial charge in [-0.1, -0.05) is 24.3 Å². The maximum absolute atomic E-state index is 5.99. The van der Waals surface area contributed by atoms with Crippen molar-refractivity contribution in [3.63, 3.8) is 0 Å². The molecule has 1 nitrogen and oxygen atoms in total. The zero-order valence-electron chi connectivity index (χ0n) is 7.44. The summed E-state index contributed by atoms with van der Waals surface area (Å²) < 4.78 is 0. The molecule has 0 aromatic heterocycles. The van der Waals surface area contributed by atoms with E-state index in [4.69, 9.17) is 5.73 Å². The summed E-state index contributed by atoms with van der Waals surface area (Å²) in [5.74, 6) is 1.51. The molecule has 0 radical (unpaired) electrons. The first kappa shape index (κ1) is 9.04. The zero-order valence-corrected chi connectivity index (χ0v) is 8.26. The van der Waals surface area contributed by atoms with E-state index in [1.807, 2.05) is 0 Å². The predicted molar refractivity (Wildman–Crippen MR) is 56.2 cm³/mol. The first-order chi connectivity index (χ1) is 5.88. The van der Waals surface area contributed by atoms with Gasteiger partial charge in [-0.25, -0.2) is 0 Å². The molecule has 3 rings (SSSR count). The number of rotatable bonds is 0. The van der Waals surface area contributed by atoms with Crippen LogP contribution in [0.15, 0.2) is 24.3 Å². The molecule has 0 heterocycles.